The van der Waals surface area contributed by atoms with Crippen LogP contribution in [0.2, 0.25) is 0 Å². The first-order valence-corrected chi connectivity index (χ1v) is 25.9. The number of hydrogen-bond donors (Lipinski definition) is 0. The Hall–Kier alpha value is -10.3. The molecule has 1 aliphatic heterocycles. The van der Waals surface area contributed by atoms with Crippen LogP contribution in [0.15, 0.2) is 249 Å². The molecule has 0 spiro atoms. The second-order valence-corrected chi connectivity index (χ2v) is 20.1. The zero-order valence-corrected chi connectivity index (χ0v) is 40.8. The first kappa shape index (κ1) is 41.2. The zero-order chi connectivity index (χ0) is 49.6. The third-order valence-corrected chi connectivity index (χ3v) is 15.9. The van der Waals surface area contributed by atoms with Gasteiger partial charge in [-0.2, -0.15) is 0 Å². The molecule has 10 aromatic carbocycles. The summed E-state index contributed by atoms with van der Waals surface area (Å²) in [5.41, 5.74) is 21.6. The summed E-state index contributed by atoms with van der Waals surface area (Å²) >= 11 is 0. The third-order valence-electron chi connectivity index (χ3n) is 15.9. The van der Waals surface area contributed by atoms with Crippen molar-refractivity contribution in [2.24, 2.45) is 0 Å². The summed E-state index contributed by atoms with van der Waals surface area (Å²) in [4.78, 5) is 13.3. The van der Waals surface area contributed by atoms with E-state index in [0.29, 0.717) is 0 Å². The van der Waals surface area contributed by atoms with Crippen molar-refractivity contribution < 1.29 is 4.74 Å². The lowest BCUT2D eigenvalue weighted by Crippen LogP contribution is -2.15. The summed E-state index contributed by atoms with van der Waals surface area (Å²) in [7, 11) is 0. The Labute approximate surface area is 435 Å². The predicted octanol–water partition coefficient (Wildman–Crippen LogP) is 18.7. The molecule has 6 heteroatoms. The minimum absolute atomic E-state index is 0.813. The van der Waals surface area contributed by atoms with Gasteiger partial charge >= 0.3 is 0 Å². The first-order chi connectivity index (χ1) is 37.7. The van der Waals surface area contributed by atoms with Crippen LogP contribution in [0.3, 0.4) is 0 Å². The van der Waals surface area contributed by atoms with Gasteiger partial charge in [0, 0.05) is 60.1 Å². The minimum Gasteiger partial charge on any atom is -0.453 e. The van der Waals surface area contributed by atoms with Crippen LogP contribution in [0.25, 0.3) is 132 Å². The summed E-state index contributed by atoms with van der Waals surface area (Å²) < 4.78 is 11.6. The van der Waals surface area contributed by atoms with Crippen molar-refractivity contribution in [2.75, 3.05) is 4.90 Å². The summed E-state index contributed by atoms with van der Waals surface area (Å²) in [5, 5.41) is 8.16. The van der Waals surface area contributed by atoms with E-state index < -0.39 is 0 Å². The highest BCUT2D eigenvalue weighted by Gasteiger charge is 2.31. The largest absolute Gasteiger partial charge is 0.453 e. The lowest BCUT2D eigenvalue weighted by molar-refractivity contribution is 0.477. The Morgan fingerprint density at radius 2 is 0.829 bits per heavy atom. The number of nitrogens with zero attached hydrogens (tertiary/aromatic N) is 5. The van der Waals surface area contributed by atoms with Crippen molar-refractivity contribution in [3.63, 3.8) is 0 Å². The van der Waals surface area contributed by atoms with Crippen LogP contribution in [-0.2, 0) is 0 Å². The Kier molecular flexibility index (Phi) is 8.46. The molecule has 0 saturated carbocycles. The van der Waals surface area contributed by atoms with Crippen molar-refractivity contribution in [1.29, 1.82) is 0 Å². The highest BCUT2D eigenvalue weighted by molar-refractivity contribution is 6.33. The molecular formula is C70H41N5O. The normalized spacial score (nSPS) is 12.6. The Balaban J connectivity index is 1.07. The molecule has 0 saturated heterocycles. The predicted molar refractivity (Wildman–Crippen MR) is 313 cm³/mol. The fourth-order valence-electron chi connectivity index (χ4n) is 12.6. The molecule has 0 N–H and O–H groups in total. The number of fused-ring (bicyclic) bond motifs is 14. The molecule has 76 heavy (non-hydrogen) atoms. The highest BCUT2D eigenvalue weighted by atomic mass is 16.5. The van der Waals surface area contributed by atoms with E-state index in [0.717, 1.165) is 111 Å². The molecule has 0 amide bonds. The van der Waals surface area contributed by atoms with Crippen molar-refractivity contribution in [3.8, 4) is 67.4 Å². The second-order valence-electron chi connectivity index (χ2n) is 20.1. The van der Waals surface area contributed by atoms with Crippen molar-refractivity contribution in [1.82, 2.24) is 18.8 Å². The number of benzene rings is 10. The first-order valence-electron chi connectivity index (χ1n) is 25.9. The fourth-order valence-corrected chi connectivity index (χ4v) is 12.6. The van der Waals surface area contributed by atoms with Gasteiger partial charge in [0.05, 0.1) is 67.6 Å². The number of rotatable bonds is 6. The lowest BCUT2D eigenvalue weighted by atomic mass is 9.95. The molecule has 0 atom stereocenters. The molecule has 0 aliphatic carbocycles. The Morgan fingerprint density at radius 3 is 1.53 bits per heavy atom. The number of ether oxygens (including phenoxy) is 1. The summed E-state index contributed by atoms with van der Waals surface area (Å²) in [5.74, 6) is 1.63. The quantitative estimate of drug-likeness (QED) is 0.167. The molecule has 1 aliphatic rings. The number of anilines is 3. The maximum absolute atomic E-state index is 6.56. The molecule has 16 aromatic rings. The van der Waals surface area contributed by atoms with E-state index >= 15 is 0 Å². The van der Waals surface area contributed by atoms with Gasteiger partial charge in [0.2, 0.25) is 0 Å². The molecule has 17 rings (SSSR count). The number of hydrogen-bond acceptors (Lipinski definition) is 4. The van der Waals surface area contributed by atoms with Crippen LogP contribution in [0, 0.1) is 0 Å². The van der Waals surface area contributed by atoms with Gasteiger partial charge in [-0.25, -0.2) is 4.98 Å². The third kappa shape index (κ3) is 5.80. The maximum Gasteiger partial charge on any atom is 0.151 e. The number of aromatic nitrogens is 4. The van der Waals surface area contributed by atoms with Crippen LogP contribution in [0.1, 0.15) is 0 Å². The van der Waals surface area contributed by atoms with Gasteiger partial charge in [-0.05, 0) is 107 Å². The summed E-state index contributed by atoms with van der Waals surface area (Å²) in [6.07, 6.45) is 2.10. The Bertz CT molecular complexity index is 4720. The Morgan fingerprint density at radius 1 is 0.316 bits per heavy atom. The van der Waals surface area contributed by atoms with Crippen molar-refractivity contribution >= 4 is 93.4 Å². The van der Waals surface area contributed by atoms with Gasteiger partial charge in [-0.3, -0.25) is 4.98 Å². The SMILES string of the molecule is c1ccc(-c2ccc3c(c2)c2cc(-c4ccccc4)nc4c5cc6c7cc(-c8ccccc8)cc8c9cc(-c%10ccccc%10)ncc9n(c6c(-c6cccc(N9c%10ccccc%10Oc%10ccccc%109)c6)c5n3c24)c87)cc1. The molecule has 0 unspecified atom stereocenters. The average Bonchev–Trinajstić information content (AvgIpc) is 4.28. The van der Waals surface area contributed by atoms with Gasteiger partial charge in [0.15, 0.2) is 11.5 Å². The van der Waals surface area contributed by atoms with E-state index in [1.54, 1.807) is 0 Å². The van der Waals surface area contributed by atoms with Gasteiger partial charge in [-0.15, -0.1) is 0 Å². The van der Waals surface area contributed by atoms with Gasteiger partial charge in [-0.1, -0.05) is 164 Å². The van der Waals surface area contributed by atoms with Crippen LogP contribution in [0.4, 0.5) is 17.1 Å². The van der Waals surface area contributed by atoms with Crippen LogP contribution in [0.5, 0.6) is 11.5 Å². The molecule has 6 nitrogen and oxygen atoms in total. The van der Waals surface area contributed by atoms with E-state index in [1.165, 1.54) is 49.3 Å². The highest BCUT2D eigenvalue weighted by Crippen LogP contribution is 2.54. The van der Waals surface area contributed by atoms with E-state index in [1.807, 2.05) is 12.1 Å². The van der Waals surface area contributed by atoms with Gasteiger partial charge in [0.1, 0.15) is 0 Å². The van der Waals surface area contributed by atoms with E-state index in [2.05, 4.69) is 250 Å². The fraction of sp³-hybridized carbons (Fsp3) is 0. The molecular weight excluding hydrogens is 927 g/mol. The smallest absolute Gasteiger partial charge is 0.151 e. The lowest BCUT2D eigenvalue weighted by Gasteiger charge is -2.33. The molecule has 6 aromatic heterocycles. The summed E-state index contributed by atoms with van der Waals surface area (Å²) in [6.45, 7) is 0. The molecule has 0 bridgehead atoms. The molecule has 0 fully saturated rings. The van der Waals surface area contributed by atoms with Crippen molar-refractivity contribution in [3.05, 3.63) is 249 Å². The van der Waals surface area contributed by atoms with Crippen LogP contribution in [-0.4, -0.2) is 18.8 Å². The second kappa shape index (κ2) is 15.6. The van der Waals surface area contributed by atoms with Crippen LogP contribution >= 0.6 is 0 Å². The van der Waals surface area contributed by atoms with E-state index in [9.17, 15) is 0 Å². The van der Waals surface area contributed by atoms with E-state index in [-0.39, 0.29) is 0 Å². The zero-order valence-electron chi connectivity index (χ0n) is 40.8. The number of para-hydroxylation sites is 4. The average molecular weight is 968 g/mol. The monoisotopic (exact) mass is 967 g/mol. The standard InChI is InChI=1S/C70H41N5O/c1-5-18-42(19-6-1)46-32-33-59-50(35-46)55-40-58(45-24-11-4-12-25-45)72-66-56-38-54-53-37-48(43-20-7-2-8-21-43)36-52-51-39-57(44-22-9-3-10-23-44)71-41-62(51)75(67(52)53)68(54)65(69(56)74(59)70(55)66)47-26-17-27-49(34-47)73-60-28-13-15-30-63(60)76-64-31-16-14-29-61(64)73/h1-41H. The van der Waals surface area contributed by atoms with E-state index in [4.69, 9.17) is 14.7 Å². The number of pyridine rings is 2. The van der Waals surface area contributed by atoms with Gasteiger partial charge in [0.25, 0.3) is 0 Å². The molecule has 0 radical (unpaired) electrons. The summed E-state index contributed by atoms with van der Waals surface area (Å²) in [6, 6.07) is 87.3. The van der Waals surface area contributed by atoms with Gasteiger partial charge < -0.3 is 18.4 Å². The minimum atomic E-state index is 0.813. The molecule has 7 heterocycles. The molecule has 352 valence electrons. The topological polar surface area (TPSA) is 47.1 Å². The van der Waals surface area contributed by atoms with Crippen molar-refractivity contribution in [2.45, 2.75) is 0 Å². The van der Waals surface area contributed by atoms with Crippen LogP contribution < -0.4 is 9.64 Å². The maximum atomic E-state index is 6.56.